The molecule has 2 aromatic carbocycles. The molecule has 2 aliphatic rings. The molecule has 11 nitrogen and oxygen atoms in total. The van der Waals surface area contributed by atoms with Gasteiger partial charge in [-0.05, 0) is 43.0 Å². The van der Waals surface area contributed by atoms with Crippen molar-refractivity contribution in [2.24, 2.45) is 0 Å². The minimum absolute atomic E-state index is 0.0619. The van der Waals surface area contributed by atoms with Crippen LogP contribution in [0.3, 0.4) is 0 Å². The molecule has 0 radical (unpaired) electrons. The van der Waals surface area contributed by atoms with E-state index in [1.807, 2.05) is 60.7 Å². The predicted octanol–water partition coefficient (Wildman–Crippen LogP) is 5.14. The van der Waals surface area contributed by atoms with Crippen LogP contribution in [0.1, 0.15) is 36.9 Å². The van der Waals surface area contributed by atoms with Crippen molar-refractivity contribution < 1.29 is 14.3 Å². The van der Waals surface area contributed by atoms with E-state index in [0.717, 1.165) is 52.6 Å². The average Bonchev–Trinajstić information content (AvgIpc) is 3.83. The Balaban J connectivity index is 1.14. The van der Waals surface area contributed by atoms with Crippen LogP contribution in [0, 0.1) is 0 Å². The number of likely N-dealkylation sites (N-methyl/N-ethyl adjacent to an activating group) is 1. The molecule has 4 N–H and O–H groups in total. The number of hydrogen-bond donors (Lipinski definition) is 4. The highest BCUT2D eigenvalue weighted by molar-refractivity contribution is 6.39. The summed E-state index contributed by atoms with van der Waals surface area (Å²) in [6.45, 7) is 1.49. The van der Waals surface area contributed by atoms with Gasteiger partial charge in [0.05, 0.1) is 34.1 Å². The number of benzene rings is 2. The van der Waals surface area contributed by atoms with Crippen LogP contribution in [0.2, 0.25) is 10.0 Å². The Hall–Kier alpha value is -4.81. The molecule has 0 bridgehead atoms. The number of hydrogen-bond acceptors (Lipinski definition) is 8. The summed E-state index contributed by atoms with van der Waals surface area (Å²) < 4.78 is 7.13. The summed E-state index contributed by atoms with van der Waals surface area (Å²) >= 11 is 14.2. The number of carbonyl (C=O) groups is 2. The quantitative estimate of drug-likeness (QED) is 0.139. The molecule has 4 heterocycles. The minimum atomic E-state index is -0.601. The summed E-state index contributed by atoms with van der Waals surface area (Å²) in [5.41, 5.74) is 5.46. The Kier molecular flexibility index (Phi) is 9.80. The summed E-state index contributed by atoms with van der Waals surface area (Å²) in [5.74, 6) is 0.513. The number of aromatic nitrogens is 3. The van der Waals surface area contributed by atoms with Gasteiger partial charge in [0.2, 0.25) is 17.7 Å². The van der Waals surface area contributed by atoms with Gasteiger partial charge in [-0.1, -0.05) is 65.7 Å². The lowest BCUT2D eigenvalue weighted by Crippen LogP contribution is -2.45. The number of carbonyl (C=O) groups excluding carboxylic acids is 2. The van der Waals surface area contributed by atoms with Gasteiger partial charge < -0.3 is 20.7 Å². The van der Waals surface area contributed by atoms with Crippen LogP contribution in [0.25, 0.3) is 39.2 Å². The van der Waals surface area contributed by atoms with E-state index in [1.54, 1.807) is 20.4 Å². The van der Waals surface area contributed by atoms with Crippen LogP contribution in [0.5, 0.6) is 5.88 Å². The van der Waals surface area contributed by atoms with Gasteiger partial charge in [-0.15, -0.1) is 0 Å². The van der Waals surface area contributed by atoms with Crippen molar-refractivity contribution in [2.45, 2.75) is 50.4 Å². The van der Waals surface area contributed by atoms with Crippen molar-refractivity contribution in [1.82, 2.24) is 35.6 Å². The van der Waals surface area contributed by atoms with Gasteiger partial charge in [-0.3, -0.25) is 24.1 Å². The van der Waals surface area contributed by atoms with Gasteiger partial charge in [0.25, 0.3) is 5.56 Å². The summed E-state index contributed by atoms with van der Waals surface area (Å²) in [7, 11) is 3.20. The Morgan fingerprint density at radius 3 is 2.37 bits per heavy atom. The summed E-state index contributed by atoms with van der Waals surface area (Å²) in [4.78, 5) is 46.3. The Labute approximate surface area is 304 Å². The van der Waals surface area contributed by atoms with Crippen molar-refractivity contribution in [3.8, 4) is 39.4 Å². The maximum atomic E-state index is 13.0. The fourth-order valence-electron chi connectivity index (χ4n) is 6.56. The molecule has 2 fully saturated rings. The molecule has 51 heavy (non-hydrogen) atoms. The molecule has 2 amide bonds. The van der Waals surface area contributed by atoms with E-state index < -0.39 is 5.54 Å². The number of nitrogens with zero attached hydrogens (tertiary/aromatic N) is 3. The van der Waals surface area contributed by atoms with E-state index in [9.17, 15) is 14.4 Å². The second kappa shape index (κ2) is 14.4. The molecule has 1 saturated carbocycles. The van der Waals surface area contributed by atoms with Gasteiger partial charge in [-0.2, -0.15) is 0 Å². The highest BCUT2D eigenvalue weighted by Gasteiger charge is 2.49. The second-order valence-corrected chi connectivity index (χ2v) is 13.6. The van der Waals surface area contributed by atoms with Crippen LogP contribution in [-0.2, 0) is 22.7 Å². The van der Waals surface area contributed by atoms with E-state index in [2.05, 4.69) is 21.3 Å². The second-order valence-electron chi connectivity index (χ2n) is 12.9. The zero-order valence-electron chi connectivity index (χ0n) is 28.2. The van der Waals surface area contributed by atoms with Crippen molar-refractivity contribution >= 4 is 40.7 Å². The lowest BCUT2D eigenvalue weighted by Gasteiger charge is -2.16. The Morgan fingerprint density at radius 1 is 0.961 bits per heavy atom. The Bertz CT molecular complexity index is 2220. The van der Waals surface area contributed by atoms with E-state index in [1.165, 1.54) is 10.5 Å². The molecule has 1 atom stereocenters. The fourth-order valence-corrected chi connectivity index (χ4v) is 7.22. The number of pyridine rings is 2. The first-order valence-corrected chi connectivity index (χ1v) is 17.6. The van der Waals surface area contributed by atoms with E-state index in [4.69, 9.17) is 37.9 Å². The lowest BCUT2D eigenvalue weighted by atomic mass is 9.97. The number of rotatable bonds is 12. The molecular weight excluding hydrogens is 689 g/mol. The molecular formula is C38H37Cl2N7O4. The van der Waals surface area contributed by atoms with Crippen molar-refractivity contribution in [3.63, 3.8) is 0 Å². The maximum absolute atomic E-state index is 13.0. The molecule has 1 aliphatic carbocycles. The lowest BCUT2D eigenvalue weighted by molar-refractivity contribution is -0.123. The van der Waals surface area contributed by atoms with Crippen LogP contribution < -0.4 is 31.6 Å². The van der Waals surface area contributed by atoms with Crippen molar-refractivity contribution in [1.29, 1.82) is 0 Å². The van der Waals surface area contributed by atoms with Crippen LogP contribution in [0.15, 0.2) is 77.7 Å². The third-order valence-electron chi connectivity index (χ3n) is 9.54. The molecule has 1 saturated heterocycles. The van der Waals surface area contributed by atoms with E-state index >= 15 is 0 Å². The first-order valence-electron chi connectivity index (χ1n) is 16.8. The number of halogens is 2. The number of fused-ring (bicyclic) bond motifs is 1. The number of amides is 2. The minimum Gasteiger partial charge on any atom is -0.481 e. The smallest absolute Gasteiger partial charge is 0.258 e. The topological polar surface area (TPSA) is 139 Å². The van der Waals surface area contributed by atoms with Gasteiger partial charge in [0.15, 0.2) is 0 Å². The van der Waals surface area contributed by atoms with E-state index in [-0.39, 0.29) is 30.0 Å². The van der Waals surface area contributed by atoms with Gasteiger partial charge in [0, 0.05) is 79.2 Å². The summed E-state index contributed by atoms with van der Waals surface area (Å²) in [5, 5.41) is 13.3. The average molecular weight is 727 g/mol. The molecule has 0 spiro atoms. The first-order chi connectivity index (χ1) is 24.7. The van der Waals surface area contributed by atoms with Crippen LogP contribution >= 0.6 is 23.2 Å². The number of methoxy groups -OCH3 is 1. The third-order valence-corrected chi connectivity index (χ3v) is 10.4. The van der Waals surface area contributed by atoms with E-state index in [0.29, 0.717) is 52.5 Å². The van der Waals surface area contributed by atoms with Gasteiger partial charge >= 0.3 is 0 Å². The highest BCUT2D eigenvalue weighted by atomic mass is 35.5. The normalized spacial score (nSPS) is 16.2. The first kappa shape index (κ1) is 34.6. The molecule has 262 valence electrons. The molecule has 7 rings (SSSR count). The number of nitrogens with one attached hydrogen (secondary N) is 4. The maximum Gasteiger partial charge on any atom is 0.258 e. The molecule has 1 aliphatic heterocycles. The monoisotopic (exact) mass is 725 g/mol. The highest BCUT2D eigenvalue weighted by Crippen LogP contribution is 2.42. The third kappa shape index (κ3) is 7.07. The summed E-state index contributed by atoms with van der Waals surface area (Å²) in [6, 6.07) is 20.6. The predicted molar refractivity (Wildman–Crippen MR) is 198 cm³/mol. The van der Waals surface area contributed by atoms with Crippen LogP contribution in [0.4, 0.5) is 0 Å². The SMILES string of the molecule is CNC(=O)C1(NCc2cc(=O)n3ccc(-c4cccc(-c5cccc(-c6ccc(CNC[C@@H]7CCC(=O)N7)c(OC)n6)c5Cl)c4Cl)cc3n2)CC1. The van der Waals surface area contributed by atoms with Crippen LogP contribution in [-0.4, -0.2) is 58.5 Å². The zero-order valence-corrected chi connectivity index (χ0v) is 29.7. The van der Waals surface area contributed by atoms with Gasteiger partial charge in [-0.25, -0.2) is 9.97 Å². The number of ether oxygens (including phenoxy) is 1. The van der Waals surface area contributed by atoms with Crippen molar-refractivity contribution in [2.75, 3.05) is 20.7 Å². The summed E-state index contributed by atoms with van der Waals surface area (Å²) in [6.07, 6.45) is 4.55. The fraction of sp³-hybridized carbons (Fsp3) is 0.289. The molecule has 0 unspecified atom stereocenters. The zero-order chi connectivity index (χ0) is 35.7. The van der Waals surface area contributed by atoms with Gasteiger partial charge in [0.1, 0.15) is 5.65 Å². The molecule has 13 heteroatoms. The standard InChI is InChI=1S/C38H37Cl2N7O4/c1-41-37(50)38(14-15-38)43-21-25-18-33(49)47-16-13-22(17-31(47)44-25)26-5-3-6-27(34(26)39)28-7-4-8-29(35(28)40)30-11-9-23(36(46-30)51-2)19-42-20-24-10-12-32(48)45-24/h3-9,11,13,16-18,24,42-43H,10,12,14-15,19-21H2,1-2H3,(H,41,50)(H,45,48)/t24-/m0/s1. The molecule has 5 aromatic rings. The molecule has 3 aromatic heterocycles. The largest absolute Gasteiger partial charge is 0.481 e. The van der Waals surface area contributed by atoms with Crippen molar-refractivity contribution in [3.05, 3.63) is 105 Å². The Morgan fingerprint density at radius 2 is 1.69 bits per heavy atom.